The highest BCUT2D eigenvalue weighted by molar-refractivity contribution is 5.97. The van der Waals surface area contributed by atoms with Gasteiger partial charge in [-0.05, 0) is 58.6 Å². The highest BCUT2D eigenvalue weighted by Gasteiger charge is 2.33. The van der Waals surface area contributed by atoms with Crippen molar-refractivity contribution in [1.29, 1.82) is 0 Å². The zero-order valence-electron chi connectivity index (χ0n) is 21.1. The van der Waals surface area contributed by atoms with Gasteiger partial charge in [0.25, 0.3) is 0 Å². The van der Waals surface area contributed by atoms with Crippen LogP contribution in [-0.4, -0.2) is 54.8 Å². The number of unbranched alkanes of at least 4 members (excludes halogenated alkanes) is 2. The Kier molecular flexibility index (Phi) is 11.2. The van der Waals surface area contributed by atoms with Crippen molar-refractivity contribution in [3.63, 3.8) is 0 Å². The van der Waals surface area contributed by atoms with Gasteiger partial charge in [0.2, 0.25) is 5.91 Å². The van der Waals surface area contributed by atoms with E-state index in [1.54, 1.807) is 11.0 Å². The van der Waals surface area contributed by atoms with Gasteiger partial charge >= 0.3 is 12.1 Å². The summed E-state index contributed by atoms with van der Waals surface area (Å²) < 4.78 is 16.3. The Labute approximate surface area is 203 Å². The van der Waals surface area contributed by atoms with Gasteiger partial charge in [-0.25, -0.2) is 4.79 Å². The second-order valence-corrected chi connectivity index (χ2v) is 9.61. The predicted octanol–water partition coefficient (Wildman–Crippen LogP) is 5.31. The number of hydrogen-bond donors (Lipinski definition) is 1. The van der Waals surface area contributed by atoms with Gasteiger partial charge in [-0.3, -0.25) is 14.5 Å². The van der Waals surface area contributed by atoms with Crippen molar-refractivity contribution in [3.05, 3.63) is 24.3 Å². The number of hydrogen-bond acceptors (Lipinski definition) is 6. The van der Waals surface area contributed by atoms with E-state index in [1.807, 2.05) is 39.0 Å². The molecular weight excluding hydrogens is 436 g/mol. The number of esters is 1. The summed E-state index contributed by atoms with van der Waals surface area (Å²) in [6, 6.07) is 6.66. The summed E-state index contributed by atoms with van der Waals surface area (Å²) in [5.41, 5.74) is -0.0770. The largest absolute Gasteiger partial charge is 0.491 e. The average molecular weight is 477 g/mol. The second kappa shape index (κ2) is 13.8. The smallest absolute Gasteiger partial charge is 0.410 e. The van der Waals surface area contributed by atoms with E-state index < -0.39 is 17.7 Å². The fourth-order valence-corrected chi connectivity index (χ4v) is 3.84. The van der Waals surface area contributed by atoms with Crippen molar-refractivity contribution in [2.45, 2.75) is 90.2 Å². The quantitative estimate of drug-likeness (QED) is 0.442. The van der Waals surface area contributed by atoms with Gasteiger partial charge in [0, 0.05) is 13.0 Å². The number of methoxy groups -OCH3 is 1. The average Bonchev–Trinajstić information content (AvgIpc) is 2.79. The van der Waals surface area contributed by atoms with E-state index in [9.17, 15) is 14.4 Å². The lowest BCUT2D eigenvalue weighted by Crippen LogP contribution is -2.49. The van der Waals surface area contributed by atoms with Crippen LogP contribution in [0.5, 0.6) is 5.75 Å². The highest BCUT2D eigenvalue weighted by atomic mass is 16.6. The Morgan fingerprint density at radius 1 is 1.09 bits per heavy atom. The number of anilines is 1. The molecular formula is C26H40N2O6. The number of carbonyl (C=O) groups excluding carboxylic acids is 3. The van der Waals surface area contributed by atoms with Crippen molar-refractivity contribution in [2.24, 2.45) is 0 Å². The molecule has 34 heavy (non-hydrogen) atoms. The van der Waals surface area contributed by atoms with E-state index in [1.165, 1.54) is 7.11 Å². The number of nitrogens with one attached hydrogen (secondary N) is 1. The second-order valence-electron chi connectivity index (χ2n) is 9.61. The topological polar surface area (TPSA) is 94.2 Å². The van der Waals surface area contributed by atoms with Crippen LogP contribution in [0.15, 0.2) is 24.3 Å². The molecule has 1 N–H and O–H groups in total. The zero-order valence-corrected chi connectivity index (χ0v) is 21.1. The summed E-state index contributed by atoms with van der Waals surface area (Å²) >= 11 is 0. The number of benzene rings is 1. The molecule has 190 valence electrons. The molecule has 0 radical (unpaired) electrons. The molecule has 1 aliphatic rings. The summed E-state index contributed by atoms with van der Waals surface area (Å²) in [4.78, 5) is 39.6. The first-order valence-corrected chi connectivity index (χ1v) is 12.3. The fourth-order valence-electron chi connectivity index (χ4n) is 3.84. The summed E-state index contributed by atoms with van der Waals surface area (Å²) in [7, 11) is 1.38. The highest BCUT2D eigenvalue weighted by Crippen LogP contribution is 2.26. The lowest BCUT2D eigenvalue weighted by atomic mass is 10.0. The van der Waals surface area contributed by atoms with E-state index >= 15 is 0 Å². The van der Waals surface area contributed by atoms with Crippen LogP contribution in [0.2, 0.25) is 0 Å². The monoisotopic (exact) mass is 476 g/mol. The van der Waals surface area contributed by atoms with Crippen molar-refractivity contribution in [2.75, 3.05) is 25.6 Å². The molecule has 0 spiro atoms. The molecule has 1 unspecified atom stereocenters. The number of ether oxygens (including phenoxy) is 3. The van der Waals surface area contributed by atoms with E-state index in [2.05, 4.69) is 5.32 Å². The molecule has 1 atom stereocenters. The minimum Gasteiger partial charge on any atom is -0.491 e. The van der Waals surface area contributed by atoms with Gasteiger partial charge in [-0.1, -0.05) is 37.8 Å². The van der Waals surface area contributed by atoms with Crippen LogP contribution in [0.25, 0.3) is 0 Å². The van der Waals surface area contributed by atoms with Crippen LogP contribution in [0.1, 0.15) is 78.6 Å². The standard InChI is InChI=1S/C26H40N2O6/c1-26(2,3)34-25(31)28-18-12-5-6-13-19-33-22-16-11-10-14-20(22)27-24(30)21(28)15-8-7-9-17-23(29)32-4/h10-11,14,16,21H,5-9,12-13,15,17-19H2,1-4H3,(H,27,30). The number of carbonyl (C=O) groups is 3. The van der Waals surface area contributed by atoms with Crippen molar-refractivity contribution >= 4 is 23.7 Å². The Morgan fingerprint density at radius 2 is 1.82 bits per heavy atom. The molecule has 0 bridgehead atoms. The molecule has 1 heterocycles. The normalized spacial score (nSPS) is 17.7. The Balaban J connectivity index is 2.24. The summed E-state index contributed by atoms with van der Waals surface area (Å²) in [6.45, 7) is 6.48. The van der Waals surface area contributed by atoms with Gasteiger partial charge in [-0.15, -0.1) is 0 Å². The molecule has 2 rings (SSSR count). The Hall–Kier alpha value is -2.77. The third-order valence-corrected chi connectivity index (χ3v) is 5.59. The lowest BCUT2D eigenvalue weighted by Gasteiger charge is -2.33. The summed E-state index contributed by atoms with van der Waals surface area (Å²) in [5, 5.41) is 2.98. The lowest BCUT2D eigenvalue weighted by molar-refractivity contribution is -0.140. The minimum absolute atomic E-state index is 0.244. The predicted molar refractivity (Wildman–Crippen MR) is 131 cm³/mol. The molecule has 0 aromatic heterocycles. The maximum Gasteiger partial charge on any atom is 0.410 e. The molecule has 8 heteroatoms. The molecule has 1 aliphatic heterocycles. The number of nitrogens with zero attached hydrogens (tertiary/aromatic N) is 1. The van der Waals surface area contributed by atoms with Gasteiger partial charge in [-0.2, -0.15) is 0 Å². The fraction of sp³-hybridized carbons (Fsp3) is 0.654. The maximum atomic E-state index is 13.5. The summed E-state index contributed by atoms with van der Waals surface area (Å²) in [6.07, 6.45) is 6.01. The molecule has 8 nitrogen and oxygen atoms in total. The number of rotatable bonds is 6. The minimum atomic E-state index is -0.693. The maximum absolute atomic E-state index is 13.5. The number of para-hydroxylation sites is 2. The first kappa shape index (κ1) is 27.5. The number of fused-ring (bicyclic) bond motifs is 1. The van der Waals surface area contributed by atoms with Crippen LogP contribution in [0, 0.1) is 0 Å². The molecule has 0 aliphatic carbocycles. The molecule has 0 saturated heterocycles. The Bertz CT molecular complexity index is 805. The van der Waals surface area contributed by atoms with Crippen LogP contribution < -0.4 is 10.1 Å². The van der Waals surface area contributed by atoms with Crippen LogP contribution >= 0.6 is 0 Å². The molecule has 2 amide bonds. The SMILES string of the molecule is COC(=O)CCCCCC1C(=O)Nc2ccccc2OCCCCCCN1C(=O)OC(C)(C)C. The van der Waals surface area contributed by atoms with Crippen LogP contribution in [-0.2, 0) is 19.1 Å². The van der Waals surface area contributed by atoms with Gasteiger partial charge in [0.05, 0.1) is 19.4 Å². The Morgan fingerprint density at radius 3 is 2.56 bits per heavy atom. The molecule has 0 fully saturated rings. The van der Waals surface area contributed by atoms with Crippen molar-refractivity contribution < 1.29 is 28.6 Å². The zero-order chi connectivity index (χ0) is 25.0. The van der Waals surface area contributed by atoms with Crippen molar-refractivity contribution in [3.8, 4) is 5.75 Å². The van der Waals surface area contributed by atoms with Crippen LogP contribution in [0.3, 0.4) is 0 Å². The van der Waals surface area contributed by atoms with Gasteiger partial charge in [0.15, 0.2) is 0 Å². The molecule has 1 aromatic rings. The first-order valence-electron chi connectivity index (χ1n) is 12.3. The van der Waals surface area contributed by atoms with Gasteiger partial charge < -0.3 is 19.5 Å². The van der Waals surface area contributed by atoms with E-state index in [-0.39, 0.29) is 11.9 Å². The van der Waals surface area contributed by atoms with E-state index in [4.69, 9.17) is 14.2 Å². The summed E-state index contributed by atoms with van der Waals surface area (Å²) in [5.74, 6) is 0.108. The molecule has 0 saturated carbocycles. The third-order valence-electron chi connectivity index (χ3n) is 5.59. The third kappa shape index (κ3) is 9.61. The van der Waals surface area contributed by atoms with E-state index in [0.29, 0.717) is 50.3 Å². The first-order chi connectivity index (χ1) is 16.2. The van der Waals surface area contributed by atoms with Crippen molar-refractivity contribution in [1.82, 2.24) is 4.90 Å². The van der Waals surface area contributed by atoms with Gasteiger partial charge in [0.1, 0.15) is 17.4 Å². The van der Waals surface area contributed by atoms with Crippen LogP contribution in [0.4, 0.5) is 10.5 Å². The number of amides is 2. The van der Waals surface area contributed by atoms with E-state index in [0.717, 1.165) is 32.1 Å². The molecule has 1 aromatic carbocycles.